The topological polar surface area (TPSA) is 46.2 Å². The highest BCUT2D eigenvalue weighted by atomic mass is 35.5. The van der Waals surface area contributed by atoms with E-state index in [9.17, 15) is 8.42 Å². The zero-order chi connectivity index (χ0) is 13.6. The summed E-state index contributed by atoms with van der Waals surface area (Å²) in [7, 11) is -3.10. The van der Waals surface area contributed by atoms with Crippen LogP contribution in [0.5, 0.6) is 0 Å². The van der Waals surface area contributed by atoms with Gasteiger partial charge in [-0.2, -0.15) is 11.8 Å². The average molecular weight is 328 g/mol. The summed E-state index contributed by atoms with van der Waals surface area (Å²) < 4.78 is 24.9. The molecular formula is C11H15Cl2NO2S2. The molecule has 1 rings (SSSR count). The molecule has 7 heteroatoms. The molecule has 0 spiro atoms. The Morgan fingerprint density at radius 3 is 2.44 bits per heavy atom. The van der Waals surface area contributed by atoms with Crippen molar-refractivity contribution in [1.82, 2.24) is 4.72 Å². The van der Waals surface area contributed by atoms with Gasteiger partial charge in [0.1, 0.15) is 0 Å². The molecule has 1 N–H and O–H groups in total. The van der Waals surface area contributed by atoms with E-state index >= 15 is 0 Å². The summed E-state index contributed by atoms with van der Waals surface area (Å²) in [4.78, 5) is 0. The van der Waals surface area contributed by atoms with Crippen LogP contribution in [-0.2, 0) is 15.8 Å². The molecule has 0 aromatic heterocycles. The smallest absolute Gasteiger partial charge is 0.211 e. The van der Waals surface area contributed by atoms with Crippen LogP contribution in [0.1, 0.15) is 12.5 Å². The summed E-state index contributed by atoms with van der Waals surface area (Å²) in [5.74, 6) is 1.46. The van der Waals surface area contributed by atoms with Crippen LogP contribution in [0.25, 0.3) is 0 Å². The van der Waals surface area contributed by atoms with Gasteiger partial charge in [-0.15, -0.1) is 0 Å². The highest BCUT2D eigenvalue weighted by Gasteiger charge is 2.07. The lowest BCUT2D eigenvalue weighted by Gasteiger charge is -2.07. The van der Waals surface area contributed by atoms with Gasteiger partial charge in [0.15, 0.2) is 0 Å². The first-order valence-corrected chi connectivity index (χ1v) is 9.00. The van der Waals surface area contributed by atoms with Crippen molar-refractivity contribution in [2.75, 3.05) is 18.1 Å². The minimum absolute atomic E-state index is 0.105. The molecule has 0 amide bonds. The summed E-state index contributed by atoms with van der Waals surface area (Å²) in [6.45, 7) is 2.03. The molecule has 102 valence electrons. The van der Waals surface area contributed by atoms with Gasteiger partial charge in [-0.05, 0) is 24.6 Å². The van der Waals surface area contributed by atoms with Crippen molar-refractivity contribution in [3.8, 4) is 0 Å². The Balaban J connectivity index is 2.35. The second-order valence-corrected chi connectivity index (χ2v) is 7.57. The Morgan fingerprint density at radius 2 is 1.89 bits per heavy atom. The second kappa shape index (κ2) is 7.60. The molecule has 1 aromatic carbocycles. The molecule has 0 aliphatic rings. The maximum absolute atomic E-state index is 11.2. The first kappa shape index (κ1) is 16.1. The molecule has 0 saturated carbocycles. The van der Waals surface area contributed by atoms with E-state index in [-0.39, 0.29) is 5.75 Å². The number of nitrogens with one attached hydrogen (secondary N) is 1. The van der Waals surface area contributed by atoms with E-state index < -0.39 is 10.0 Å². The Hall–Kier alpha value is 0.0600. The third-order valence-corrected chi connectivity index (χ3v) is 5.35. The van der Waals surface area contributed by atoms with Crippen LogP contribution in [0.15, 0.2) is 18.2 Å². The Bertz CT molecular complexity index is 472. The van der Waals surface area contributed by atoms with Gasteiger partial charge < -0.3 is 0 Å². The number of hydrogen-bond donors (Lipinski definition) is 1. The van der Waals surface area contributed by atoms with Gasteiger partial charge in [-0.1, -0.05) is 29.3 Å². The van der Waals surface area contributed by atoms with Gasteiger partial charge in [-0.25, -0.2) is 13.1 Å². The summed E-state index contributed by atoms with van der Waals surface area (Å²) >= 11 is 13.6. The van der Waals surface area contributed by atoms with Crippen LogP contribution >= 0.6 is 35.0 Å². The molecule has 0 heterocycles. The first-order valence-electron chi connectivity index (χ1n) is 5.44. The van der Waals surface area contributed by atoms with Gasteiger partial charge in [0.05, 0.1) is 5.75 Å². The lowest BCUT2D eigenvalue weighted by molar-refractivity contribution is 0.585. The number of benzene rings is 1. The third kappa shape index (κ3) is 5.36. The third-order valence-electron chi connectivity index (χ3n) is 2.26. The summed E-state index contributed by atoms with van der Waals surface area (Å²) in [5.41, 5.74) is 0.893. The Labute approximate surface area is 122 Å². The highest BCUT2D eigenvalue weighted by Crippen LogP contribution is 2.27. The summed E-state index contributed by atoms with van der Waals surface area (Å²) in [6.07, 6.45) is 0. The number of rotatable bonds is 7. The molecule has 0 atom stereocenters. The molecule has 0 fully saturated rings. The van der Waals surface area contributed by atoms with E-state index in [0.29, 0.717) is 28.1 Å². The number of hydrogen-bond acceptors (Lipinski definition) is 3. The van der Waals surface area contributed by atoms with Gasteiger partial charge in [0.2, 0.25) is 10.0 Å². The lowest BCUT2D eigenvalue weighted by Crippen LogP contribution is -2.27. The fourth-order valence-corrected chi connectivity index (χ4v) is 3.56. The van der Waals surface area contributed by atoms with Crippen molar-refractivity contribution >= 4 is 45.0 Å². The van der Waals surface area contributed by atoms with Crippen molar-refractivity contribution in [3.05, 3.63) is 33.8 Å². The average Bonchev–Trinajstić information content (AvgIpc) is 2.32. The molecule has 3 nitrogen and oxygen atoms in total. The van der Waals surface area contributed by atoms with Crippen molar-refractivity contribution in [3.63, 3.8) is 0 Å². The minimum atomic E-state index is -3.10. The fraction of sp³-hybridized carbons (Fsp3) is 0.455. The predicted molar refractivity (Wildman–Crippen MR) is 80.1 cm³/mol. The summed E-state index contributed by atoms with van der Waals surface area (Å²) in [6, 6.07) is 5.39. The molecule has 0 aliphatic heterocycles. The maximum Gasteiger partial charge on any atom is 0.211 e. The van der Waals surface area contributed by atoms with E-state index in [1.54, 1.807) is 36.9 Å². The van der Waals surface area contributed by atoms with Crippen molar-refractivity contribution in [1.29, 1.82) is 0 Å². The van der Waals surface area contributed by atoms with Crippen LogP contribution in [0.3, 0.4) is 0 Å². The predicted octanol–water partition coefficient (Wildman–Crippen LogP) is 3.17. The molecule has 0 bridgehead atoms. The SMILES string of the molecule is CCS(=O)(=O)NCCSCc1c(Cl)cccc1Cl. The van der Waals surface area contributed by atoms with Crippen LogP contribution in [0.4, 0.5) is 0 Å². The van der Waals surface area contributed by atoms with Crippen LogP contribution < -0.4 is 4.72 Å². The van der Waals surface area contributed by atoms with Crippen LogP contribution in [0, 0.1) is 0 Å². The van der Waals surface area contributed by atoms with Crippen molar-refractivity contribution < 1.29 is 8.42 Å². The van der Waals surface area contributed by atoms with E-state index in [4.69, 9.17) is 23.2 Å². The Kier molecular flexibility index (Phi) is 6.81. The first-order chi connectivity index (χ1) is 8.46. The van der Waals surface area contributed by atoms with E-state index in [0.717, 1.165) is 5.56 Å². The van der Waals surface area contributed by atoms with Gasteiger partial charge >= 0.3 is 0 Å². The molecule has 0 saturated heterocycles. The highest BCUT2D eigenvalue weighted by molar-refractivity contribution is 7.98. The zero-order valence-corrected chi connectivity index (χ0v) is 13.1. The zero-order valence-electron chi connectivity index (χ0n) is 9.95. The standard InChI is InChI=1S/C11H15Cl2NO2S2/c1-2-18(15,16)14-6-7-17-8-9-10(12)4-3-5-11(9)13/h3-5,14H,2,6-8H2,1H3. The lowest BCUT2D eigenvalue weighted by atomic mass is 10.2. The number of thioether (sulfide) groups is 1. The van der Waals surface area contributed by atoms with Crippen LogP contribution in [0.2, 0.25) is 10.0 Å². The van der Waals surface area contributed by atoms with Gasteiger partial charge in [0, 0.05) is 28.1 Å². The number of halogens is 2. The largest absolute Gasteiger partial charge is 0.214 e. The number of sulfonamides is 1. The van der Waals surface area contributed by atoms with E-state index in [1.165, 1.54) is 0 Å². The molecule has 18 heavy (non-hydrogen) atoms. The quantitative estimate of drug-likeness (QED) is 0.782. The van der Waals surface area contributed by atoms with E-state index in [1.807, 2.05) is 0 Å². The molecule has 0 unspecified atom stereocenters. The fourth-order valence-electron chi connectivity index (χ4n) is 1.22. The van der Waals surface area contributed by atoms with Gasteiger partial charge in [0.25, 0.3) is 0 Å². The molecular weight excluding hydrogens is 313 g/mol. The maximum atomic E-state index is 11.2. The van der Waals surface area contributed by atoms with Crippen molar-refractivity contribution in [2.24, 2.45) is 0 Å². The Morgan fingerprint density at radius 1 is 1.28 bits per heavy atom. The normalized spacial score (nSPS) is 11.7. The molecule has 0 aliphatic carbocycles. The molecule has 1 aromatic rings. The molecule has 0 radical (unpaired) electrons. The second-order valence-electron chi connectivity index (χ2n) is 3.55. The van der Waals surface area contributed by atoms with E-state index in [2.05, 4.69) is 4.72 Å². The van der Waals surface area contributed by atoms with Crippen molar-refractivity contribution in [2.45, 2.75) is 12.7 Å². The van der Waals surface area contributed by atoms with Crippen LogP contribution in [-0.4, -0.2) is 26.5 Å². The monoisotopic (exact) mass is 327 g/mol. The summed E-state index contributed by atoms with van der Waals surface area (Å²) in [5, 5.41) is 1.29. The van der Waals surface area contributed by atoms with Gasteiger partial charge in [-0.3, -0.25) is 0 Å². The minimum Gasteiger partial charge on any atom is -0.214 e.